The second-order valence-corrected chi connectivity index (χ2v) is 4.93. The lowest BCUT2D eigenvalue weighted by Gasteiger charge is -2.12. The molecule has 0 unspecified atom stereocenters. The Kier molecular flexibility index (Phi) is 7.13. The molecule has 0 aliphatic carbocycles. The van der Waals surface area contributed by atoms with Crippen molar-refractivity contribution in [2.45, 2.75) is 13.0 Å². The molecule has 5 nitrogen and oxygen atoms in total. The van der Waals surface area contributed by atoms with Crippen molar-refractivity contribution >= 4 is 5.96 Å². The minimum Gasteiger partial charge on any atom is -0.469 e. The standard InChI is InChI=1S/C17H22FN3O2/c1-22-12-10-20-17(19-9-8-15-6-4-11-23-15)21-13-14-5-2-3-7-16(14)18/h2-7,11H,8-10,12-13H2,1H3,(H2,19,20,21). The van der Waals surface area contributed by atoms with Gasteiger partial charge in [0.1, 0.15) is 11.6 Å². The predicted octanol–water partition coefficient (Wildman–Crippen LogP) is 2.34. The number of methoxy groups -OCH3 is 1. The fourth-order valence-corrected chi connectivity index (χ4v) is 2.00. The molecule has 0 radical (unpaired) electrons. The van der Waals surface area contributed by atoms with Crippen molar-refractivity contribution < 1.29 is 13.5 Å². The first-order valence-corrected chi connectivity index (χ1v) is 7.56. The van der Waals surface area contributed by atoms with Gasteiger partial charge in [-0.15, -0.1) is 0 Å². The fraction of sp³-hybridized carbons (Fsp3) is 0.353. The summed E-state index contributed by atoms with van der Waals surface area (Å²) in [4.78, 5) is 4.41. The molecule has 1 aromatic carbocycles. The molecule has 0 aliphatic rings. The van der Waals surface area contributed by atoms with Crippen LogP contribution in [0.2, 0.25) is 0 Å². The molecule has 1 heterocycles. The Hall–Kier alpha value is -2.34. The largest absolute Gasteiger partial charge is 0.469 e. The van der Waals surface area contributed by atoms with E-state index in [0.717, 1.165) is 12.2 Å². The monoisotopic (exact) mass is 319 g/mol. The van der Waals surface area contributed by atoms with Crippen LogP contribution in [0.25, 0.3) is 0 Å². The van der Waals surface area contributed by atoms with Gasteiger partial charge < -0.3 is 19.8 Å². The predicted molar refractivity (Wildman–Crippen MR) is 87.8 cm³/mol. The second kappa shape index (κ2) is 9.63. The molecule has 0 amide bonds. The van der Waals surface area contributed by atoms with Crippen molar-refractivity contribution in [2.24, 2.45) is 4.99 Å². The van der Waals surface area contributed by atoms with Crippen molar-refractivity contribution in [3.8, 4) is 0 Å². The van der Waals surface area contributed by atoms with Gasteiger partial charge in [0.2, 0.25) is 0 Å². The minimum atomic E-state index is -0.247. The summed E-state index contributed by atoms with van der Waals surface area (Å²) >= 11 is 0. The summed E-state index contributed by atoms with van der Waals surface area (Å²) in [5.74, 6) is 1.28. The molecular formula is C17H22FN3O2. The summed E-state index contributed by atoms with van der Waals surface area (Å²) in [6.07, 6.45) is 2.40. The van der Waals surface area contributed by atoms with Crippen LogP contribution >= 0.6 is 0 Å². The van der Waals surface area contributed by atoms with E-state index in [2.05, 4.69) is 15.6 Å². The molecule has 2 N–H and O–H groups in total. The zero-order valence-electron chi connectivity index (χ0n) is 13.2. The van der Waals surface area contributed by atoms with Crippen LogP contribution in [0.3, 0.4) is 0 Å². The number of halogens is 1. The van der Waals surface area contributed by atoms with Gasteiger partial charge >= 0.3 is 0 Å². The van der Waals surface area contributed by atoms with E-state index < -0.39 is 0 Å². The molecule has 2 rings (SSSR count). The topological polar surface area (TPSA) is 58.8 Å². The Labute approximate surface area is 135 Å². The van der Waals surface area contributed by atoms with Gasteiger partial charge in [-0.25, -0.2) is 9.38 Å². The first-order valence-electron chi connectivity index (χ1n) is 7.56. The van der Waals surface area contributed by atoms with E-state index in [-0.39, 0.29) is 12.4 Å². The summed E-state index contributed by atoms with van der Waals surface area (Å²) in [5, 5.41) is 6.36. The highest BCUT2D eigenvalue weighted by atomic mass is 19.1. The number of nitrogens with zero attached hydrogens (tertiary/aromatic N) is 1. The number of furan rings is 1. The second-order valence-electron chi connectivity index (χ2n) is 4.93. The van der Waals surface area contributed by atoms with Gasteiger partial charge in [-0.1, -0.05) is 18.2 Å². The maximum Gasteiger partial charge on any atom is 0.191 e. The third kappa shape index (κ3) is 6.12. The lowest BCUT2D eigenvalue weighted by molar-refractivity contribution is 0.203. The molecule has 0 atom stereocenters. The molecule has 124 valence electrons. The van der Waals surface area contributed by atoms with Crippen LogP contribution in [0.5, 0.6) is 0 Å². The molecule has 0 aliphatic heterocycles. The maximum atomic E-state index is 13.6. The van der Waals surface area contributed by atoms with Crippen LogP contribution in [0, 0.1) is 5.82 Å². The molecule has 2 aromatic rings. The Morgan fingerprint density at radius 3 is 2.74 bits per heavy atom. The van der Waals surface area contributed by atoms with Crippen molar-refractivity contribution in [1.29, 1.82) is 0 Å². The summed E-state index contributed by atoms with van der Waals surface area (Å²) in [5.41, 5.74) is 0.561. The van der Waals surface area contributed by atoms with E-state index in [1.807, 2.05) is 12.1 Å². The van der Waals surface area contributed by atoms with E-state index >= 15 is 0 Å². The molecule has 0 bridgehead atoms. The number of nitrogens with one attached hydrogen (secondary N) is 2. The highest BCUT2D eigenvalue weighted by Gasteiger charge is 2.03. The Bertz CT molecular complexity index is 600. The summed E-state index contributed by atoms with van der Waals surface area (Å²) < 4.78 is 23.9. The van der Waals surface area contributed by atoms with Crippen molar-refractivity contribution in [2.75, 3.05) is 26.8 Å². The summed E-state index contributed by atoms with van der Waals surface area (Å²) in [6.45, 7) is 2.14. The zero-order chi connectivity index (χ0) is 16.3. The van der Waals surface area contributed by atoms with Gasteiger partial charge in [-0.3, -0.25) is 0 Å². The number of hydrogen-bond acceptors (Lipinski definition) is 3. The lowest BCUT2D eigenvalue weighted by atomic mass is 10.2. The van der Waals surface area contributed by atoms with E-state index in [4.69, 9.17) is 9.15 Å². The smallest absolute Gasteiger partial charge is 0.191 e. The third-order valence-corrected chi connectivity index (χ3v) is 3.21. The first-order chi connectivity index (χ1) is 11.3. The average molecular weight is 319 g/mol. The van der Waals surface area contributed by atoms with Crippen LogP contribution < -0.4 is 10.6 Å². The number of aliphatic imine (C=N–C) groups is 1. The van der Waals surface area contributed by atoms with E-state index in [0.29, 0.717) is 31.2 Å². The van der Waals surface area contributed by atoms with Gasteiger partial charge in [0, 0.05) is 32.2 Å². The number of hydrogen-bond donors (Lipinski definition) is 2. The summed E-state index contributed by atoms with van der Waals surface area (Å²) in [7, 11) is 1.64. The highest BCUT2D eigenvalue weighted by molar-refractivity contribution is 5.79. The minimum absolute atomic E-state index is 0.247. The Morgan fingerprint density at radius 1 is 1.17 bits per heavy atom. The maximum absolute atomic E-state index is 13.6. The fourth-order valence-electron chi connectivity index (χ4n) is 2.00. The van der Waals surface area contributed by atoms with Crippen LogP contribution in [-0.2, 0) is 17.7 Å². The number of ether oxygens (including phenoxy) is 1. The third-order valence-electron chi connectivity index (χ3n) is 3.21. The van der Waals surface area contributed by atoms with E-state index in [1.54, 1.807) is 31.6 Å². The van der Waals surface area contributed by atoms with Crippen LogP contribution in [0.15, 0.2) is 52.1 Å². The van der Waals surface area contributed by atoms with Gasteiger partial charge in [-0.05, 0) is 18.2 Å². The van der Waals surface area contributed by atoms with Gasteiger partial charge in [0.25, 0.3) is 0 Å². The Balaban J connectivity index is 1.89. The molecule has 0 saturated carbocycles. The zero-order valence-corrected chi connectivity index (χ0v) is 13.2. The highest BCUT2D eigenvalue weighted by Crippen LogP contribution is 2.07. The number of rotatable bonds is 8. The summed E-state index contributed by atoms with van der Waals surface area (Å²) in [6, 6.07) is 10.4. The van der Waals surface area contributed by atoms with Crippen LogP contribution in [-0.4, -0.2) is 32.8 Å². The van der Waals surface area contributed by atoms with Gasteiger partial charge in [-0.2, -0.15) is 0 Å². The molecular weight excluding hydrogens is 297 g/mol. The molecule has 0 spiro atoms. The molecule has 23 heavy (non-hydrogen) atoms. The first kappa shape index (κ1) is 17.0. The Morgan fingerprint density at radius 2 is 2.00 bits per heavy atom. The van der Waals surface area contributed by atoms with Gasteiger partial charge in [0.05, 0.1) is 19.4 Å². The normalized spacial score (nSPS) is 11.5. The number of guanidine groups is 1. The molecule has 0 fully saturated rings. The SMILES string of the molecule is COCCNC(=NCc1ccccc1F)NCCc1ccco1. The van der Waals surface area contributed by atoms with Gasteiger partial charge in [0.15, 0.2) is 5.96 Å². The average Bonchev–Trinajstić information content (AvgIpc) is 3.07. The molecule has 1 aromatic heterocycles. The molecule has 0 saturated heterocycles. The van der Waals surface area contributed by atoms with Crippen LogP contribution in [0.4, 0.5) is 4.39 Å². The van der Waals surface area contributed by atoms with E-state index in [1.165, 1.54) is 6.07 Å². The quantitative estimate of drug-likeness (QED) is 0.445. The van der Waals surface area contributed by atoms with Crippen molar-refractivity contribution in [3.63, 3.8) is 0 Å². The van der Waals surface area contributed by atoms with Crippen molar-refractivity contribution in [3.05, 3.63) is 59.8 Å². The number of benzene rings is 1. The van der Waals surface area contributed by atoms with Crippen molar-refractivity contribution in [1.82, 2.24) is 10.6 Å². The van der Waals surface area contributed by atoms with Crippen LogP contribution in [0.1, 0.15) is 11.3 Å². The van der Waals surface area contributed by atoms with E-state index in [9.17, 15) is 4.39 Å². The molecule has 6 heteroatoms. The lowest BCUT2D eigenvalue weighted by Crippen LogP contribution is -2.40.